The summed E-state index contributed by atoms with van der Waals surface area (Å²) >= 11 is 0. The minimum absolute atomic E-state index is 0.0265. The topological polar surface area (TPSA) is 52.3 Å². The van der Waals surface area contributed by atoms with Crippen molar-refractivity contribution >= 4 is 5.97 Å². The summed E-state index contributed by atoms with van der Waals surface area (Å²) in [6.07, 6.45) is 0.332. The minimum Gasteiger partial charge on any atom is -0.469 e. The van der Waals surface area contributed by atoms with Crippen LogP contribution < -0.4 is 5.73 Å². The molecule has 2 N–H and O–H groups in total. The molecule has 0 bridgehead atoms. The van der Waals surface area contributed by atoms with E-state index in [1.807, 2.05) is 37.3 Å². The third-order valence-corrected chi connectivity index (χ3v) is 2.48. The van der Waals surface area contributed by atoms with E-state index < -0.39 is 0 Å². The van der Waals surface area contributed by atoms with Crippen molar-refractivity contribution in [2.24, 2.45) is 5.73 Å². The molecule has 0 aromatic heterocycles. The molecule has 0 fully saturated rings. The van der Waals surface area contributed by atoms with E-state index in [2.05, 4.69) is 4.74 Å². The normalized spacial score (nSPS) is 14.3. The number of methoxy groups -OCH3 is 1. The maximum atomic E-state index is 11.2. The van der Waals surface area contributed by atoms with Gasteiger partial charge in [-0.05, 0) is 12.5 Å². The van der Waals surface area contributed by atoms with Crippen LogP contribution in [-0.2, 0) is 9.53 Å². The number of nitrogens with two attached hydrogens (primary N) is 1. The summed E-state index contributed by atoms with van der Waals surface area (Å²) in [4.78, 5) is 11.2. The molecule has 3 heteroatoms. The average Bonchev–Trinajstić information content (AvgIpc) is 2.26. The summed E-state index contributed by atoms with van der Waals surface area (Å²) in [6.45, 7) is 1.90. The molecule has 0 spiro atoms. The smallest absolute Gasteiger partial charge is 0.306 e. The Kier molecular flexibility index (Phi) is 4.31. The second-order valence-corrected chi connectivity index (χ2v) is 3.66. The Labute approximate surface area is 90.2 Å². The Morgan fingerprint density at radius 2 is 2.00 bits per heavy atom. The molecule has 2 atom stereocenters. The van der Waals surface area contributed by atoms with Gasteiger partial charge >= 0.3 is 5.97 Å². The monoisotopic (exact) mass is 207 g/mol. The Bertz CT molecular complexity index is 309. The maximum Gasteiger partial charge on any atom is 0.306 e. The third-order valence-electron chi connectivity index (χ3n) is 2.48. The first-order valence-corrected chi connectivity index (χ1v) is 5.02. The van der Waals surface area contributed by atoms with Crippen LogP contribution in [0.5, 0.6) is 0 Å². The molecule has 3 nitrogen and oxygen atoms in total. The molecular weight excluding hydrogens is 190 g/mol. The van der Waals surface area contributed by atoms with Crippen molar-refractivity contribution in [3.63, 3.8) is 0 Å². The van der Waals surface area contributed by atoms with Crippen LogP contribution >= 0.6 is 0 Å². The molecule has 0 aliphatic rings. The fourth-order valence-electron chi connectivity index (χ4n) is 1.57. The SMILES string of the molecule is COC(=O)CC(c1ccccc1)C(C)N. The van der Waals surface area contributed by atoms with E-state index in [1.54, 1.807) is 0 Å². The summed E-state index contributed by atoms with van der Waals surface area (Å²) < 4.78 is 4.66. The van der Waals surface area contributed by atoms with E-state index >= 15 is 0 Å². The molecule has 82 valence electrons. The number of esters is 1. The van der Waals surface area contributed by atoms with Crippen LogP contribution in [-0.4, -0.2) is 19.1 Å². The first-order chi connectivity index (χ1) is 7.15. The van der Waals surface area contributed by atoms with Crippen molar-refractivity contribution < 1.29 is 9.53 Å². The van der Waals surface area contributed by atoms with Gasteiger partial charge in [0, 0.05) is 12.0 Å². The number of hydrogen-bond acceptors (Lipinski definition) is 3. The standard InChI is InChI=1S/C12H17NO2/c1-9(13)11(8-12(14)15-2)10-6-4-3-5-7-10/h3-7,9,11H,8,13H2,1-2H3. The first-order valence-electron chi connectivity index (χ1n) is 5.02. The van der Waals surface area contributed by atoms with Crippen molar-refractivity contribution in [3.05, 3.63) is 35.9 Å². The van der Waals surface area contributed by atoms with Gasteiger partial charge < -0.3 is 10.5 Å². The zero-order valence-corrected chi connectivity index (χ0v) is 9.14. The predicted octanol–water partition coefficient (Wildman–Crippen LogP) is 1.68. The summed E-state index contributed by atoms with van der Waals surface area (Å²) in [7, 11) is 1.39. The zero-order valence-electron chi connectivity index (χ0n) is 9.14. The van der Waals surface area contributed by atoms with Crippen LogP contribution in [0.25, 0.3) is 0 Å². The van der Waals surface area contributed by atoms with Crippen LogP contribution in [0.4, 0.5) is 0 Å². The highest BCUT2D eigenvalue weighted by molar-refractivity contribution is 5.70. The van der Waals surface area contributed by atoms with Gasteiger partial charge in [-0.2, -0.15) is 0 Å². The lowest BCUT2D eigenvalue weighted by Crippen LogP contribution is -2.27. The molecule has 2 unspecified atom stereocenters. The summed E-state index contributed by atoms with van der Waals surface area (Å²) in [6, 6.07) is 9.74. The Balaban J connectivity index is 2.79. The number of carbonyl (C=O) groups excluding carboxylic acids is 1. The Morgan fingerprint density at radius 1 is 1.40 bits per heavy atom. The second kappa shape index (κ2) is 5.51. The van der Waals surface area contributed by atoms with Gasteiger partial charge in [0.15, 0.2) is 0 Å². The number of carbonyl (C=O) groups is 1. The highest BCUT2D eigenvalue weighted by atomic mass is 16.5. The number of hydrogen-bond donors (Lipinski definition) is 1. The molecule has 0 amide bonds. The second-order valence-electron chi connectivity index (χ2n) is 3.66. The first kappa shape index (κ1) is 11.7. The van der Waals surface area contributed by atoms with Crippen LogP contribution in [0.1, 0.15) is 24.8 Å². The van der Waals surface area contributed by atoms with Gasteiger partial charge in [0.1, 0.15) is 0 Å². The molecular formula is C12H17NO2. The van der Waals surface area contributed by atoms with Crippen molar-refractivity contribution in [1.82, 2.24) is 0 Å². The van der Waals surface area contributed by atoms with E-state index in [0.717, 1.165) is 5.56 Å². The zero-order chi connectivity index (χ0) is 11.3. The quantitative estimate of drug-likeness (QED) is 0.764. The predicted molar refractivity (Wildman–Crippen MR) is 59.5 cm³/mol. The fourth-order valence-corrected chi connectivity index (χ4v) is 1.57. The van der Waals surface area contributed by atoms with Crippen molar-refractivity contribution in [2.45, 2.75) is 25.3 Å². The summed E-state index contributed by atoms with van der Waals surface area (Å²) in [5.74, 6) is -0.195. The lowest BCUT2D eigenvalue weighted by atomic mass is 9.90. The van der Waals surface area contributed by atoms with Gasteiger partial charge in [0.25, 0.3) is 0 Å². The van der Waals surface area contributed by atoms with Crippen LogP contribution in [0, 0.1) is 0 Å². The van der Waals surface area contributed by atoms with E-state index in [-0.39, 0.29) is 17.9 Å². The minimum atomic E-state index is -0.221. The molecule has 0 aliphatic carbocycles. The number of benzene rings is 1. The van der Waals surface area contributed by atoms with Crippen LogP contribution in [0.15, 0.2) is 30.3 Å². The number of ether oxygens (including phenoxy) is 1. The van der Waals surface area contributed by atoms with Gasteiger partial charge in [-0.15, -0.1) is 0 Å². The van der Waals surface area contributed by atoms with Gasteiger partial charge in [-0.3, -0.25) is 4.79 Å². The number of rotatable bonds is 4. The Morgan fingerprint density at radius 3 is 2.47 bits per heavy atom. The van der Waals surface area contributed by atoms with Gasteiger partial charge in [0.05, 0.1) is 13.5 Å². The lowest BCUT2D eigenvalue weighted by Gasteiger charge is -2.19. The fraction of sp³-hybridized carbons (Fsp3) is 0.417. The molecule has 1 aromatic rings. The largest absolute Gasteiger partial charge is 0.469 e. The van der Waals surface area contributed by atoms with Crippen molar-refractivity contribution in [1.29, 1.82) is 0 Å². The van der Waals surface area contributed by atoms with E-state index in [4.69, 9.17) is 5.73 Å². The van der Waals surface area contributed by atoms with E-state index in [0.29, 0.717) is 6.42 Å². The molecule has 0 aliphatic heterocycles. The molecule has 15 heavy (non-hydrogen) atoms. The van der Waals surface area contributed by atoms with E-state index in [9.17, 15) is 4.79 Å². The van der Waals surface area contributed by atoms with Gasteiger partial charge in [-0.1, -0.05) is 30.3 Å². The molecule has 0 radical (unpaired) electrons. The molecule has 0 saturated carbocycles. The van der Waals surface area contributed by atoms with Gasteiger partial charge in [0.2, 0.25) is 0 Å². The Hall–Kier alpha value is -1.35. The van der Waals surface area contributed by atoms with Crippen LogP contribution in [0.2, 0.25) is 0 Å². The molecule has 0 saturated heterocycles. The third kappa shape index (κ3) is 3.36. The highest BCUT2D eigenvalue weighted by Crippen LogP contribution is 2.22. The molecule has 1 rings (SSSR count). The average molecular weight is 207 g/mol. The van der Waals surface area contributed by atoms with Crippen LogP contribution in [0.3, 0.4) is 0 Å². The lowest BCUT2D eigenvalue weighted by molar-refractivity contribution is -0.141. The van der Waals surface area contributed by atoms with E-state index in [1.165, 1.54) is 7.11 Å². The maximum absolute atomic E-state index is 11.2. The molecule has 0 heterocycles. The summed E-state index contributed by atoms with van der Waals surface area (Å²) in [5, 5.41) is 0. The highest BCUT2D eigenvalue weighted by Gasteiger charge is 2.19. The summed E-state index contributed by atoms with van der Waals surface area (Å²) in [5.41, 5.74) is 6.95. The van der Waals surface area contributed by atoms with Crippen molar-refractivity contribution in [2.75, 3.05) is 7.11 Å². The van der Waals surface area contributed by atoms with Gasteiger partial charge in [-0.25, -0.2) is 0 Å². The van der Waals surface area contributed by atoms with Crippen molar-refractivity contribution in [3.8, 4) is 0 Å². The molecule has 1 aromatic carbocycles.